The second-order valence-electron chi connectivity index (χ2n) is 8.32. The highest BCUT2D eigenvalue weighted by Gasteiger charge is 2.45. The maximum absolute atomic E-state index is 13.0. The van der Waals surface area contributed by atoms with E-state index in [1.54, 1.807) is 12.1 Å². The quantitative estimate of drug-likeness (QED) is 0.257. The van der Waals surface area contributed by atoms with Gasteiger partial charge in [-0.05, 0) is 41.2 Å². The third kappa shape index (κ3) is 7.03. The molecule has 1 aromatic rings. The molecule has 0 amide bonds. The van der Waals surface area contributed by atoms with E-state index in [1.165, 1.54) is 32.1 Å². The summed E-state index contributed by atoms with van der Waals surface area (Å²) in [7, 11) is -6.17. The third-order valence-corrected chi connectivity index (χ3v) is 13.8. The lowest BCUT2D eigenvalue weighted by atomic mass is 10.1. The molecule has 0 aromatic heterocycles. The average Bonchev–Trinajstić information content (AvgIpc) is 2.63. The predicted octanol–water partition coefficient (Wildman–Crippen LogP) is 7.08. The highest BCUT2D eigenvalue weighted by Crippen LogP contribution is 2.40. The molecule has 0 spiro atoms. The molecule has 1 aromatic carbocycles. The zero-order chi connectivity index (χ0) is 20.5. The van der Waals surface area contributed by atoms with E-state index in [0.29, 0.717) is 4.90 Å². The van der Waals surface area contributed by atoms with Gasteiger partial charge in [-0.15, -0.1) is 0 Å². The van der Waals surface area contributed by atoms with Crippen LogP contribution in [0, 0.1) is 0 Å². The van der Waals surface area contributed by atoms with Crippen LogP contribution in [-0.4, -0.2) is 16.7 Å². The molecule has 5 heteroatoms. The van der Waals surface area contributed by atoms with Gasteiger partial charge in [0.2, 0.25) is 8.32 Å². The van der Waals surface area contributed by atoms with Crippen LogP contribution in [0.4, 0.5) is 0 Å². The first kappa shape index (κ1) is 24.4. The van der Waals surface area contributed by atoms with Crippen molar-refractivity contribution < 1.29 is 12.3 Å². The molecule has 1 rings (SSSR count). The fourth-order valence-electron chi connectivity index (χ4n) is 3.80. The first-order chi connectivity index (χ1) is 12.7. The SMILES string of the molecule is CCCCCCCC[Si](OS(=O)(=O)c1ccc(CC)cc1)(C(C)C)C(C)C. The Morgan fingerprint density at radius 2 is 1.37 bits per heavy atom. The summed E-state index contributed by atoms with van der Waals surface area (Å²) in [6, 6.07) is 8.08. The molecule has 0 atom stereocenters. The van der Waals surface area contributed by atoms with E-state index < -0.39 is 18.4 Å². The Morgan fingerprint density at radius 1 is 0.852 bits per heavy atom. The lowest BCUT2D eigenvalue weighted by Gasteiger charge is -2.37. The van der Waals surface area contributed by atoms with Crippen LogP contribution in [0.1, 0.15) is 85.6 Å². The number of aryl methyl sites for hydroxylation is 1. The van der Waals surface area contributed by atoms with Gasteiger partial charge in [-0.3, -0.25) is 0 Å². The second-order valence-corrected chi connectivity index (χ2v) is 15.1. The van der Waals surface area contributed by atoms with Gasteiger partial charge in [-0.2, -0.15) is 8.42 Å². The molecule has 0 aliphatic rings. The van der Waals surface area contributed by atoms with E-state index in [0.717, 1.165) is 24.4 Å². The molecule has 156 valence electrons. The van der Waals surface area contributed by atoms with Crippen molar-refractivity contribution in [2.45, 2.75) is 109 Å². The fourth-order valence-corrected chi connectivity index (χ4v) is 11.5. The number of rotatable bonds is 13. The molecule has 0 aliphatic carbocycles. The minimum atomic E-state index is -3.72. The van der Waals surface area contributed by atoms with E-state index >= 15 is 0 Å². The van der Waals surface area contributed by atoms with Gasteiger partial charge in [0, 0.05) is 0 Å². The van der Waals surface area contributed by atoms with Crippen molar-refractivity contribution in [3.63, 3.8) is 0 Å². The van der Waals surface area contributed by atoms with Crippen molar-refractivity contribution >= 4 is 18.4 Å². The minimum Gasteiger partial charge on any atom is -0.311 e. The summed E-state index contributed by atoms with van der Waals surface area (Å²) in [4.78, 5) is 0.292. The molecular weight excluding hydrogens is 372 g/mol. The van der Waals surface area contributed by atoms with Crippen LogP contribution >= 0.6 is 0 Å². The fraction of sp³-hybridized carbons (Fsp3) is 0.727. The molecule has 3 nitrogen and oxygen atoms in total. The van der Waals surface area contributed by atoms with Crippen molar-refractivity contribution in [1.29, 1.82) is 0 Å². The number of benzene rings is 1. The summed E-state index contributed by atoms with van der Waals surface area (Å²) in [5, 5.41) is 0. The highest BCUT2D eigenvalue weighted by molar-refractivity contribution is 7.87. The first-order valence-electron chi connectivity index (χ1n) is 10.7. The Kier molecular flexibility index (Phi) is 10.3. The minimum absolute atomic E-state index is 0.262. The third-order valence-electron chi connectivity index (χ3n) is 5.76. The number of unbranched alkanes of at least 4 members (excludes halogenated alkanes) is 5. The molecule has 0 aliphatic heterocycles. The molecule has 0 saturated heterocycles. The molecule has 27 heavy (non-hydrogen) atoms. The van der Waals surface area contributed by atoms with Gasteiger partial charge in [0.25, 0.3) is 10.1 Å². The van der Waals surface area contributed by atoms with Gasteiger partial charge >= 0.3 is 0 Å². The van der Waals surface area contributed by atoms with Crippen LogP contribution in [0.15, 0.2) is 29.2 Å². The second kappa shape index (κ2) is 11.4. The summed E-state index contributed by atoms with van der Waals surface area (Å²) in [6.07, 6.45) is 8.18. The van der Waals surface area contributed by atoms with Crippen molar-refractivity contribution in [2.24, 2.45) is 0 Å². The van der Waals surface area contributed by atoms with Crippen LogP contribution in [-0.2, 0) is 20.4 Å². The molecular formula is C22H40O3SSi. The zero-order valence-electron chi connectivity index (χ0n) is 18.3. The van der Waals surface area contributed by atoms with Crippen LogP contribution in [0.2, 0.25) is 17.1 Å². The van der Waals surface area contributed by atoms with Crippen LogP contribution < -0.4 is 0 Å². The summed E-state index contributed by atoms with van der Waals surface area (Å²) < 4.78 is 32.2. The molecule has 0 heterocycles. The van der Waals surface area contributed by atoms with E-state index in [9.17, 15) is 8.42 Å². The Morgan fingerprint density at radius 3 is 1.85 bits per heavy atom. The molecule has 0 unspecified atom stereocenters. The summed E-state index contributed by atoms with van der Waals surface area (Å²) in [5.41, 5.74) is 1.66. The van der Waals surface area contributed by atoms with Gasteiger partial charge in [-0.1, -0.05) is 92.2 Å². The summed E-state index contributed by atoms with van der Waals surface area (Å²) >= 11 is 0. The maximum atomic E-state index is 13.0. The van der Waals surface area contributed by atoms with E-state index in [1.807, 2.05) is 12.1 Å². The van der Waals surface area contributed by atoms with Gasteiger partial charge in [0.1, 0.15) is 0 Å². The largest absolute Gasteiger partial charge is 0.311 e. The Labute approximate surface area is 169 Å². The maximum Gasteiger partial charge on any atom is 0.287 e. The van der Waals surface area contributed by atoms with Gasteiger partial charge in [-0.25, -0.2) is 0 Å². The predicted molar refractivity (Wildman–Crippen MR) is 118 cm³/mol. The average molecular weight is 413 g/mol. The topological polar surface area (TPSA) is 43.4 Å². The Bertz CT molecular complexity index is 628. The van der Waals surface area contributed by atoms with Gasteiger partial charge < -0.3 is 3.87 Å². The zero-order valence-corrected chi connectivity index (χ0v) is 20.1. The molecule has 0 bridgehead atoms. The lowest BCUT2D eigenvalue weighted by Crippen LogP contribution is -2.46. The molecule has 0 fully saturated rings. The van der Waals surface area contributed by atoms with Crippen molar-refractivity contribution in [2.75, 3.05) is 0 Å². The summed E-state index contributed by atoms with van der Waals surface area (Å²) in [5.74, 6) is 0. The van der Waals surface area contributed by atoms with Gasteiger partial charge in [0.15, 0.2) is 0 Å². The summed E-state index contributed by atoms with van der Waals surface area (Å²) in [6.45, 7) is 12.8. The van der Waals surface area contributed by atoms with Crippen LogP contribution in [0.5, 0.6) is 0 Å². The number of hydrogen-bond donors (Lipinski definition) is 0. The van der Waals surface area contributed by atoms with Gasteiger partial charge in [0.05, 0.1) is 4.90 Å². The van der Waals surface area contributed by atoms with Crippen LogP contribution in [0.3, 0.4) is 0 Å². The van der Waals surface area contributed by atoms with E-state index in [-0.39, 0.29) is 11.1 Å². The highest BCUT2D eigenvalue weighted by atomic mass is 32.2. The lowest BCUT2D eigenvalue weighted by molar-refractivity contribution is 0.452. The van der Waals surface area contributed by atoms with E-state index in [4.69, 9.17) is 3.87 Å². The Hall–Kier alpha value is -0.653. The molecule has 0 N–H and O–H groups in total. The van der Waals surface area contributed by atoms with Crippen LogP contribution in [0.25, 0.3) is 0 Å². The van der Waals surface area contributed by atoms with Crippen molar-refractivity contribution in [1.82, 2.24) is 0 Å². The molecule has 0 saturated carbocycles. The molecule has 0 radical (unpaired) electrons. The van der Waals surface area contributed by atoms with Crippen molar-refractivity contribution in [3.8, 4) is 0 Å². The smallest absolute Gasteiger partial charge is 0.287 e. The normalized spacial score (nSPS) is 12.9. The van der Waals surface area contributed by atoms with E-state index in [2.05, 4.69) is 41.5 Å². The Balaban J connectivity index is 2.94. The standard InChI is InChI=1S/C22H40O3SSi/c1-7-9-10-11-12-13-18-27(19(3)4,20(5)6)25-26(23,24)22-16-14-21(8-2)15-17-22/h14-17,19-20H,7-13,18H2,1-6H3. The van der Waals surface area contributed by atoms with Crippen molar-refractivity contribution in [3.05, 3.63) is 29.8 Å². The number of hydrogen-bond acceptors (Lipinski definition) is 3. The monoisotopic (exact) mass is 412 g/mol. The first-order valence-corrected chi connectivity index (χ1v) is 14.4.